The van der Waals surface area contributed by atoms with Gasteiger partial charge in [-0.2, -0.15) is 0 Å². The minimum absolute atomic E-state index is 0.0444. The maximum absolute atomic E-state index is 12.5. The number of esters is 1. The minimum Gasteiger partial charge on any atom is -0.497 e. The van der Waals surface area contributed by atoms with Crippen molar-refractivity contribution in [1.82, 2.24) is 4.90 Å². The number of nitrogens with zero attached hydrogens (tertiary/aromatic N) is 1. The second kappa shape index (κ2) is 8.56. The van der Waals surface area contributed by atoms with E-state index in [9.17, 15) is 14.4 Å². The smallest absolute Gasteiger partial charge is 0.337 e. The van der Waals surface area contributed by atoms with E-state index < -0.39 is 11.9 Å². The molecule has 1 aliphatic heterocycles. The van der Waals surface area contributed by atoms with Crippen LogP contribution in [0.4, 0.5) is 5.69 Å². The summed E-state index contributed by atoms with van der Waals surface area (Å²) in [5.74, 6) is -0.347. The van der Waals surface area contributed by atoms with Gasteiger partial charge in [-0.1, -0.05) is 12.1 Å². The number of carbonyl (C=O) groups is 3. The summed E-state index contributed by atoms with van der Waals surface area (Å²) in [5, 5.41) is 2.80. The molecule has 1 N–H and O–H groups in total. The number of anilines is 1. The molecule has 1 atom stereocenters. The Morgan fingerprint density at radius 2 is 1.75 bits per heavy atom. The number of hydrogen-bond acceptors (Lipinski definition) is 5. The van der Waals surface area contributed by atoms with E-state index in [1.54, 1.807) is 36.3 Å². The fraction of sp³-hybridized carbons (Fsp3) is 0.286. The normalized spacial score (nSPS) is 16.0. The molecule has 1 saturated heterocycles. The Balaban J connectivity index is 1.57. The lowest BCUT2D eigenvalue weighted by molar-refractivity contribution is -0.128. The molecule has 2 amide bonds. The van der Waals surface area contributed by atoms with Gasteiger partial charge in [0, 0.05) is 25.2 Å². The predicted molar refractivity (Wildman–Crippen MR) is 103 cm³/mol. The average Bonchev–Trinajstić information content (AvgIpc) is 3.09. The van der Waals surface area contributed by atoms with E-state index in [1.807, 2.05) is 24.3 Å². The van der Waals surface area contributed by atoms with Crippen molar-refractivity contribution >= 4 is 23.5 Å². The van der Waals surface area contributed by atoms with Crippen molar-refractivity contribution in [3.8, 4) is 5.75 Å². The molecular formula is C21H22N2O5. The van der Waals surface area contributed by atoms with Crippen LogP contribution in [0.25, 0.3) is 0 Å². The molecule has 1 fully saturated rings. The van der Waals surface area contributed by atoms with E-state index in [-0.39, 0.29) is 18.2 Å². The van der Waals surface area contributed by atoms with E-state index in [1.165, 1.54) is 7.11 Å². The van der Waals surface area contributed by atoms with Gasteiger partial charge in [-0.25, -0.2) is 4.79 Å². The van der Waals surface area contributed by atoms with Gasteiger partial charge in [0.1, 0.15) is 5.75 Å². The zero-order valence-corrected chi connectivity index (χ0v) is 15.8. The number of amides is 2. The van der Waals surface area contributed by atoms with E-state index in [4.69, 9.17) is 4.74 Å². The van der Waals surface area contributed by atoms with Gasteiger partial charge >= 0.3 is 5.97 Å². The van der Waals surface area contributed by atoms with Gasteiger partial charge in [-0.15, -0.1) is 0 Å². The van der Waals surface area contributed by atoms with Crippen molar-refractivity contribution < 1.29 is 23.9 Å². The van der Waals surface area contributed by atoms with E-state index in [0.29, 0.717) is 24.3 Å². The Bertz CT molecular complexity index is 861. The summed E-state index contributed by atoms with van der Waals surface area (Å²) >= 11 is 0. The topological polar surface area (TPSA) is 84.9 Å². The van der Waals surface area contributed by atoms with Crippen LogP contribution >= 0.6 is 0 Å². The van der Waals surface area contributed by atoms with E-state index >= 15 is 0 Å². The lowest BCUT2D eigenvalue weighted by atomic mass is 10.1. The van der Waals surface area contributed by atoms with Crippen LogP contribution in [0.5, 0.6) is 5.75 Å². The number of rotatable bonds is 6. The molecular weight excluding hydrogens is 360 g/mol. The molecule has 0 saturated carbocycles. The third kappa shape index (κ3) is 4.49. The maximum Gasteiger partial charge on any atom is 0.337 e. The van der Waals surface area contributed by atoms with Gasteiger partial charge in [0.25, 0.3) is 0 Å². The Morgan fingerprint density at radius 1 is 1.07 bits per heavy atom. The molecule has 2 aromatic rings. The van der Waals surface area contributed by atoms with Crippen LogP contribution in [-0.4, -0.2) is 43.4 Å². The molecule has 0 aliphatic carbocycles. The highest BCUT2D eigenvalue weighted by molar-refractivity contribution is 5.97. The molecule has 1 unspecified atom stereocenters. The number of benzene rings is 2. The molecule has 28 heavy (non-hydrogen) atoms. The summed E-state index contributed by atoms with van der Waals surface area (Å²) in [7, 11) is 2.91. The first-order valence-electron chi connectivity index (χ1n) is 8.90. The molecule has 0 spiro atoms. The van der Waals surface area contributed by atoms with Crippen LogP contribution in [0.3, 0.4) is 0 Å². The van der Waals surface area contributed by atoms with Crippen LogP contribution in [0.2, 0.25) is 0 Å². The second-order valence-corrected chi connectivity index (χ2v) is 6.58. The highest BCUT2D eigenvalue weighted by Crippen LogP contribution is 2.23. The fourth-order valence-electron chi connectivity index (χ4n) is 3.10. The summed E-state index contributed by atoms with van der Waals surface area (Å²) in [6, 6.07) is 13.9. The summed E-state index contributed by atoms with van der Waals surface area (Å²) < 4.78 is 9.78. The van der Waals surface area contributed by atoms with Gasteiger partial charge < -0.3 is 19.7 Å². The molecule has 3 rings (SSSR count). The number of nitrogens with one attached hydrogen (secondary N) is 1. The van der Waals surface area contributed by atoms with Crippen LogP contribution in [0, 0.1) is 5.92 Å². The van der Waals surface area contributed by atoms with E-state index in [2.05, 4.69) is 10.1 Å². The molecule has 2 aromatic carbocycles. The number of ether oxygens (including phenoxy) is 2. The van der Waals surface area contributed by atoms with Crippen molar-refractivity contribution in [3.63, 3.8) is 0 Å². The Morgan fingerprint density at radius 3 is 2.36 bits per heavy atom. The van der Waals surface area contributed by atoms with Crippen LogP contribution in [0.15, 0.2) is 48.5 Å². The van der Waals surface area contributed by atoms with Gasteiger partial charge in [-0.05, 0) is 42.0 Å². The first-order chi connectivity index (χ1) is 13.5. The van der Waals surface area contributed by atoms with Crippen molar-refractivity contribution in [3.05, 3.63) is 59.7 Å². The standard InChI is InChI=1S/C21H22N2O5/c1-27-18-9-3-14(4-10-18)12-23-13-16(11-19(23)24)20(25)22-17-7-5-15(6-8-17)21(26)28-2/h3-10,16H,11-13H2,1-2H3,(H,22,25). The summed E-state index contributed by atoms with van der Waals surface area (Å²) in [6.07, 6.45) is 0.183. The number of hydrogen-bond donors (Lipinski definition) is 1. The van der Waals surface area contributed by atoms with Crippen LogP contribution in [0.1, 0.15) is 22.3 Å². The second-order valence-electron chi connectivity index (χ2n) is 6.58. The highest BCUT2D eigenvalue weighted by Gasteiger charge is 2.34. The predicted octanol–water partition coefficient (Wildman–Crippen LogP) is 2.47. The van der Waals surface area contributed by atoms with Gasteiger partial charge in [0.15, 0.2) is 0 Å². The zero-order valence-electron chi connectivity index (χ0n) is 15.8. The largest absolute Gasteiger partial charge is 0.497 e. The van der Waals surface area contributed by atoms with Crippen LogP contribution < -0.4 is 10.1 Å². The molecule has 146 valence electrons. The SMILES string of the molecule is COC(=O)c1ccc(NC(=O)C2CC(=O)N(Cc3ccc(OC)cc3)C2)cc1. The first kappa shape index (κ1) is 19.4. The number of carbonyl (C=O) groups excluding carboxylic acids is 3. The van der Waals surface area contributed by atoms with Gasteiger partial charge in [-0.3, -0.25) is 9.59 Å². The summed E-state index contributed by atoms with van der Waals surface area (Å²) in [4.78, 5) is 38.0. The Kier molecular flexibility index (Phi) is 5.93. The number of methoxy groups -OCH3 is 2. The molecule has 1 heterocycles. The van der Waals surface area contributed by atoms with Crippen molar-refractivity contribution in [2.75, 3.05) is 26.1 Å². The van der Waals surface area contributed by atoms with E-state index in [0.717, 1.165) is 11.3 Å². The monoisotopic (exact) mass is 382 g/mol. The van der Waals surface area contributed by atoms with Crippen molar-refractivity contribution in [2.45, 2.75) is 13.0 Å². The molecule has 0 bridgehead atoms. The van der Waals surface area contributed by atoms with Gasteiger partial charge in [0.2, 0.25) is 11.8 Å². The maximum atomic E-state index is 12.5. The first-order valence-corrected chi connectivity index (χ1v) is 8.90. The average molecular weight is 382 g/mol. The Labute approximate surface area is 163 Å². The zero-order chi connectivity index (χ0) is 20.1. The molecule has 1 aliphatic rings. The molecule has 7 heteroatoms. The Hall–Kier alpha value is -3.35. The lowest BCUT2D eigenvalue weighted by Crippen LogP contribution is -2.28. The quantitative estimate of drug-likeness (QED) is 0.776. The minimum atomic E-state index is -0.437. The van der Waals surface area contributed by atoms with Gasteiger partial charge in [0.05, 0.1) is 25.7 Å². The fourth-order valence-corrected chi connectivity index (χ4v) is 3.10. The highest BCUT2D eigenvalue weighted by atomic mass is 16.5. The third-order valence-corrected chi connectivity index (χ3v) is 4.69. The third-order valence-electron chi connectivity index (χ3n) is 4.69. The molecule has 0 aromatic heterocycles. The van der Waals surface area contributed by atoms with Crippen LogP contribution in [-0.2, 0) is 20.9 Å². The summed E-state index contributed by atoms with van der Waals surface area (Å²) in [5.41, 5.74) is 1.95. The number of likely N-dealkylation sites (tertiary alicyclic amines) is 1. The molecule has 7 nitrogen and oxygen atoms in total. The van der Waals surface area contributed by atoms with Crippen molar-refractivity contribution in [1.29, 1.82) is 0 Å². The van der Waals surface area contributed by atoms with Crippen molar-refractivity contribution in [2.24, 2.45) is 5.92 Å². The molecule has 0 radical (unpaired) electrons. The summed E-state index contributed by atoms with van der Waals surface area (Å²) in [6.45, 7) is 0.831. The lowest BCUT2D eigenvalue weighted by Gasteiger charge is -2.17.